The molecule has 0 N–H and O–H groups in total. The van der Waals surface area contributed by atoms with Gasteiger partial charge in [-0.1, -0.05) is 6.92 Å². The van der Waals surface area contributed by atoms with Crippen LogP contribution in [-0.4, -0.2) is 44.1 Å². The topological polar surface area (TPSA) is 73.1 Å². The first-order chi connectivity index (χ1) is 11.1. The molecule has 0 spiro atoms. The van der Waals surface area contributed by atoms with E-state index in [0.29, 0.717) is 29.7 Å². The highest BCUT2D eigenvalue weighted by atomic mass is 16.5. The summed E-state index contributed by atoms with van der Waals surface area (Å²) in [5, 5.41) is 11.2. The highest BCUT2D eigenvalue weighted by Gasteiger charge is 2.21. The van der Waals surface area contributed by atoms with E-state index < -0.39 is 0 Å². The molecular weight excluding hydrogens is 294 g/mol. The molecule has 23 heavy (non-hydrogen) atoms. The summed E-state index contributed by atoms with van der Waals surface area (Å²) in [5.74, 6) is 2.01. The molecule has 1 unspecified atom stereocenters. The van der Waals surface area contributed by atoms with Crippen LogP contribution in [0, 0.1) is 5.92 Å². The lowest BCUT2D eigenvalue weighted by Gasteiger charge is -2.31. The van der Waals surface area contributed by atoms with Crippen molar-refractivity contribution in [1.82, 2.24) is 25.1 Å². The zero-order valence-corrected chi connectivity index (χ0v) is 13.5. The molecule has 2 aromatic rings. The van der Waals surface area contributed by atoms with E-state index in [0.717, 1.165) is 19.5 Å². The Morgan fingerprint density at radius 1 is 1.35 bits per heavy atom. The summed E-state index contributed by atoms with van der Waals surface area (Å²) in [4.78, 5) is 14.4. The number of rotatable bonds is 4. The lowest BCUT2D eigenvalue weighted by molar-refractivity contribution is 0.0683. The second-order valence-corrected chi connectivity index (χ2v) is 6.03. The molecule has 3 rings (SSSR count). The molecule has 0 radical (unpaired) electrons. The van der Waals surface area contributed by atoms with Gasteiger partial charge in [0, 0.05) is 25.7 Å². The molecule has 1 fully saturated rings. The maximum Gasteiger partial charge on any atom is 0.253 e. The first-order valence-corrected chi connectivity index (χ1v) is 7.87. The Morgan fingerprint density at radius 2 is 2.13 bits per heavy atom. The Balaban J connectivity index is 1.60. The summed E-state index contributed by atoms with van der Waals surface area (Å²) in [5.41, 5.74) is 0.701. The number of piperidine rings is 1. The predicted molar refractivity (Wildman–Crippen MR) is 83.9 cm³/mol. The van der Waals surface area contributed by atoms with E-state index in [1.807, 2.05) is 29.2 Å². The van der Waals surface area contributed by atoms with Gasteiger partial charge in [0.2, 0.25) is 0 Å². The number of aryl methyl sites for hydroxylation is 1. The minimum Gasteiger partial charge on any atom is -0.486 e. The Labute approximate surface area is 135 Å². The molecule has 1 aromatic carbocycles. The third-order valence-electron chi connectivity index (χ3n) is 4.12. The molecule has 0 bridgehead atoms. The number of tetrazole rings is 1. The van der Waals surface area contributed by atoms with Crippen molar-refractivity contribution in [3.8, 4) is 5.75 Å². The predicted octanol–water partition coefficient (Wildman–Crippen LogP) is 1.66. The molecular formula is C16H21N5O2. The second kappa shape index (κ2) is 6.76. The average molecular weight is 315 g/mol. The van der Waals surface area contributed by atoms with Gasteiger partial charge in [-0.2, -0.15) is 0 Å². The van der Waals surface area contributed by atoms with Crippen LogP contribution in [0.4, 0.5) is 0 Å². The van der Waals surface area contributed by atoms with Crippen molar-refractivity contribution in [3.05, 3.63) is 35.7 Å². The first-order valence-electron chi connectivity index (χ1n) is 7.87. The highest BCUT2D eigenvalue weighted by molar-refractivity contribution is 5.94. The minimum atomic E-state index is 0.0978. The molecule has 1 aromatic heterocycles. The van der Waals surface area contributed by atoms with Crippen LogP contribution in [0.2, 0.25) is 0 Å². The van der Waals surface area contributed by atoms with Crippen molar-refractivity contribution in [3.63, 3.8) is 0 Å². The molecule has 7 heteroatoms. The van der Waals surface area contributed by atoms with E-state index in [4.69, 9.17) is 4.74 Å². The summed E-state index contributed by atoms with van der Waals surface area (Å²) in [6, 6.07) is 7.24. The van der Waals surface area contributed by atoms with E-state index in [1.54, 1.807) is 11.7 Å². The van der Waals surface area contributed by atoms with Gasteiger partial charge in [-0.05, 0) is 53.5 Å². The molecule has 0 saturated carbocycles. The number of ether oxygens (including phenoxy) is 1. The quantitative estimate of drug-likeness (QED) is 0.858. The van der Waals surface area contributed by atoms with Crippen molar-refractivity contribution >= 4 is 5.91 Å². The van der Waals surface area contributed by atoms with Gasteiger partial charge in [0.15, 0.2) is 5.82 Å². The molecule has 2 heterocycles. The summed E-state index contributed by atoms with van der Waals surface area (Å²) in [6.07, 6.45) is 2.29. The van der Waals surface area contributed by atoms with E-state index in [-0.39, 0.29) is 5.91 Å². The maximum atomic E-state index is 12.5. The van der Waals surface area contributed by atoms with Gasteiger partial charge in [-0.3, -0.25) is 4.79 Å². The molecule has 122 valence electrons. The van der Waals surface area contributed by atoms with Gasteiger partial charge < -0.3 is 9.64 Å². The van der Waals surface area contributed by atoms with Crippen LogP contribution in [0.5, 0.6) is 5.75 Å². The lowest BCUT2D eigenvalue weighted by Crippen LogP contribution is -2.39. The normalized spacial score (nSPS) is 18.0. The van der Waals surface area contributed by atoms with Crippen molar-refractivity contribution in [2.75, 3.05) is 13.1 Å². The smallest absolute Gasteiger partial charge is 0.253 e. The van der Waals surface area contributed by atoms with Crippen LogP contribution < -0.4 is 4.74 Å². The molecule has 0 aliphatic carbocycles. The number of likely N-dealkylation sites (tertiary alicyclic amines) is 1. The first kappa shape index (κ1) is 15.5. The number of hydrogen-bond donors (Lipinski definition) is 0. The van der Waals surface area contributed by atoms with Crippen molar-refractivity contribution in [2.24, 2.45) is 13.0 Å². The Morgan fingerprint density at radius 3 is 2.78 bits per heavy atom. The van der Waals surface area contributed by atoms with Crippen LogP contribution >= 0.6 is 0 Å². The number of carbonyl (C=O) groups is 1. The number of nitrogens with zero attached hydrogens (tertiary/aromatic N) is 5. The average Bonchev–Trinajstić information content (AvgIpc) is 2.98. The van der Waals surface area contributed by atoms with Gasteiger partial charge in [-0.25, -0.2) is 4.68 Å². The Kier molecular flexibility index (Phi) is 4.55. The van der Waals surface area contributed by atoms with Gasteiger partial charge in [0.1, 0.15) is 12.4 Å². The largest absolute Gasteiger partial charge is 0.486 e. The van der Waals surface area contributed by atoms with E-state index >= 15 is 0 Å². The summed E-state index contributed by atoms with van der Waals surface area (Å²) < 4.78 is 7.21. The number of benzene rings is 1. The maximum absolute atomic E-state index is 12.5. The highest BCUT2D eigenvalue weighted by Crippen LogP contribution is 2.19. The van der Waals surface area contributed by atoms with Crippen LogP contribution in [-0.2, 0) is 13.7 Å². The zero-order valence-electron chi connectivity index (χ0n) is 13.5. The molecule has 1 atom stereocenters. The fourth-order valence-corrected chi connectivity index (χ4v) is 2.77. The van der Waals surface area contributed by atoms with Crippen LogP contribution in [0.3, 0.4) is 0 Å². The van der Waals surface area contributed by atoms with Crippen LogP contribution in [0.25, 0.3) is 0 Å². The standard InChI is InChI=1S/C16H21N5O2/c1-12-4-3-9-21(10-12)16(22)13-5-7-14(8-6-13)23-11-15-17-18-19-20(15)2/h5-8,12H,3-4,9-11H2,1-2H3. The van der Waals surface area contributed by atoms with Crippen LogP contribution in [0.1, 0.15) is 35.9 Å². The molecule has 1 aliphatic rings. The Hall–Kier alpha value is -2.44. The van der Waals surface area contributed by atoms with Crippen molar-refractivity contribution < 1.29 is 9.53 Å². The lowest BCUT2D eigenvalue weighted by atomic mass is 9.99. The van der Waals surface area contributed by atoms with E-state index in [9.17, 15) is 4.79 Å². The van der Waals surface area contributed by atoms with Crippen molar-refractivity contribution in [2.45, 2.75) is 26.4 Å². The monoisotopic (exact) mass is 315 g/mol. The summed E-state index contributed by atoms with van der Waals surface area (Å²) in [7, 11) is 1.76. The molecule has 1 aliphatic heterocycles. The SMILES string of the molecule is CC1CCCN(C(=O)c2ccc(OCc3nnnn3C)cc2)C1. The molecule has 7 nitrogen and oxygen atoms in total. The van der Waals surface area contributed by atoms with Crippen LogP contribution in [0.15, 0.2) is 24.3 Å². The molecule has 1 amide bonds. The fourth-order valence-electron chi connectivity index (χ4n) is 2.77. The third kappa shape index (κ3) is 3.67. The number of aromatic nitrogens is 4. The van der Waals surface area contributed by atoms with Gasteiger partial charge in [0.05, 0.1) is 0 Å². The van der Waals surface area contributed by atoms with E-state index in [2.05, 4.69) is 22.4 Å². The molecule has 1 saturated heterocycles. The Bertz CT molecular complexity index is 667. The fraction of sp³-hybridized carbons (Fsp3) is 0.500. The second-order valence-electron chi connectivity index (χ2n) is 6.03. The zero-order chi connectivity index (χ0) is 16.2. The summed E-state index contributed by atoms with van der Waals surface area (Å²) >= 11 is 0. The summed E-state index contributed by atoms with van der Waals surface area (Å²) in [6.45, 7) is 4.18. The van der Waals surface area contributed by atoms with Gasteiger partial charge in [0.25, 0.3) is 5.91 Å². The van der Waals surface area contributed by atoms with Crippen molar-refractivity contribution in [1.29, 1.82) is 0 Å². The number of hydrogen-bond acceptors (Lipinski definition) is 5. The van der Waals surface area contributed by atoms with Gasteiger partial charge >= 0.3 is 0 Å². The third-order valence-corrected chi connectivity index (χ3v) is 4.12. The minimum absolute atomic E-state index is 0.0978. The number of carbonyl (C=O) groups excluding carboxylic acids is 1. The number of amides is 1. The van der Waals surface area contributed by atoms with E-state index in [1.165, 1.54) is 6.42 Å². The van der Waals surface area contributed by atoms with Gasteiger partial charge in [-0.15, -0.1) is 5.10 Å².